The van der Waals surface area contributed by atoms with Crippen LogP contribution in [0.15, 0.2) is 14.3 Å². The zero-order valence-corrected chi connectivity index (χ0v) is 12.1. The normalized spacial score (nSPS) is 10.5. The maximum Gasteiger partial charge on any atom is 0.303 e. The van der Waals surface area contributed by atoms with Crippen LogP contribution >= 0.6 is 43.2 Å². The van der Waals surface area contributed by atoms with Crippen LogP contribution in [-0.2, 0) is 11.2 Å². The van der Waals surface area contributed by atoms with Crippen molar-refractivity contribution in [1.82, 2.24) is 0 Å². The number of hydrogen-bond donors (Lipinski definition) is 1. The third-order valence-electron chi connectivity index (χ3n) is 2.05. The van der Waals surface area contributed by atoms with Gasteiger partial charge in [-0.2, -0.15) is 0 Å². The van der Waals surface area contributed by atoms with Crippen molar-refractivity contribution in [2.45, 2.75) is 32.1 Å². The molecule has 0 atom stereocenters. The molecule has 2 nitrogen and oxygen atoms in total. The van der Waals surface area contributed by atoms with Gasteiger partial charge in [-0.15, -0.1) is 11.3 Å². The number of hydrogen-bond acceptors (Lipinski definition) is 2. The average Bonchev–Trinajstić information content (AvgIpc) is 2.48. The number of aryl methyl sites for hydroxylation is 1. The molecule has 0 aliphatic rings. The maximum absolute atomic E-state index is 10.3. The molecule has 1 rings (SSSR count). The van der Waals surface area contributed by atoms with E-state index in [2.05, 4.69) is 37.2 Å². The Morgan fingerprint density at radius 2 is 2.07 bits per heavy atom. The molecule has 0 unspecified atom stereocenters. The second-order valence-electron chi connectivity index (χ2n) is 3.28. The molecule has 1 heterocycles. The van der Waals surface area contributed by atoms with Crippen molar-refractivity contribution >= 4 is 49.2 Å². The van der Waals surface area contributed by atoms with E-state index in [0.717, 1.165) is 34.6 Å². The van der Waals surface area contributed by atoms with Crippen molar-refractivity contribution in [1.29, 1.82) is 0 Å². The van der Waals surface area contributed by atoms with Crippen molar-refractivity contribution in [2.24, 2.45) is 0 Å². The summed E-state index contributed by atoms with van der Waals surface area (Å²) in [4.78, 5) is 11.6. The van der Waals surface area contributed by atoms with Crippen LogP contribution in [-0.4, -0.2) is 11.1 Å². The highest BCUT2D eigenvalue weighted by atomic mass is 79.9. The molecule has 0 bridgehead atoms. The monoisotopic (exact) mass is 354 g/mol. The van der Waals surface area contributed by atoms with Crippen LogP contribution in [0, 0.1) is 0 Å². The largest absolute Gasteiger partial charge is 0.481 e. The number of rotatable bonds is 6. The lowest BCUT2D eigenvalue weighted by atomic mass is 10.1. The fraction of sp³-hybridized carbons (Fsp3) is 0.500. The molecule has 0 aliphatic heterocycles. The first-order valence-electron chi connectivity index (χ1n) is 4.74. The first kappa shape index (κ1) is 13.2. The Kier molecular flexibility index (Phi) is 5.86. The van der Waals surface area contributed by atoms with E-state index >= 15 is 0 Å². The Bertz CT molecular complexity index is 336. The lowest BCUT2D eigenvalue weighted by Gasteiger charge is -1.99. The topological polar surface area (TPSA) is 37.3 Å². The summed E-state index contributed by atoms with van der Waals surface area (Å²) in [7, 11) is 0. The number of thiophene rings is 1. The van der Waals surface area contributed by atoms with Crippen molar-refractivity contribution < 1.29 is 9.90 Å². The molecule has 0 aromatic carbocycles. The van der Waals surface area contributed by atoms with Gasteiger partial charge in [-0.3, -0.25) is 4.79 Å². The third kappa shape index (κ3) is 4.66. The number of unbranched alkanes of at least 4 members (excludes halogenated alkanes) is 2. The SMILES string of the molecule is O=C(O)CCCCCc1scc(Br)c1Br. The molecule has 1 N–H and O–H groups in total. The average molecular weight is 356 g/mol. The van der Waals surface area contributed by atoms with Gasteiger partial charge < -0.3 is 5.11 Å². The van der Waals surface area contributed by atoms with E-state index in [0.29, 0.717) is 0 Å². The predicted molar refractivity (Wildman–Crippen MR) is 69.5 cm³/mol. The summed E-state index contributed by atoms with van der Waals surface area (Å²) in [5, 5.41) is 10.5. The molecule has 0 aliphatic carbocycles. The van der Waals surface area contributed by atoms with E-state index in [4.69, 9.17) is 5.11 Å². The van der Waals surface area contributed by atoms with Crippen LogP contribution in [0.4, 0.5) is 0 Å². The van der Waals surface area contributed by atoms with Crippen LogP contribution in [0.1, 0.15) is 30.6 Å². The summed E-state index contributed by atoms with van der Waals surface area (Å²) in [6.07, 6.45) is 4.12. The molecule has 5 heteroatoms. The van der Waals surface area contributed by atoms with Crippen LogP contribution in [0.25, 0.3) is 0 Å². The highest BCUT2D eigenvalue weighted by Gasteiger charge is 2.06. The minimum atomic E-state index is -0.699. The first-order valence-corrected chi connectivity index (χ1v) is 7.21. The second-order valence-corrected chi connectivity index (χ2v) is 5.89. The van der Waals surface area contributed by atoms with Crippen molar-refractivity contribution in [3.8, 4) is 0 Å². The minimum absolute atomic E-state index is 0.287. The standard InChI is InChI=1S/C10H12Br2O2S/c11-7-6-15-8(10(7)12)4-2-1-3-5-9(13)14/h6H,1-5H2,(H,13,14). The predicted octanol–water partition coefficient (Wildman–Crippen LogP) is 4.46. The Morgan fingerprint density at radius 3 is 2.60 bits per heavy atom. The fourth-order valence-corrected chi connectivity index (χ4v) is 3.50. The van der Waals surface area contributed by atoms with Gasteiger partial charge in [-0.05, 0) is 51.1 Å². The second kappa shape index (κ2) is 6.66. The number of carboxylic acid groups (broad SMARTS) is 1. The minimum Gasteiger partial charge on any atom is -0.481 e. The molecular formula is C10H12Br2O2S. The van der Waals surface area contributed by atoms with Gasteiger partial charge in [0.15, 0.2) is 0 Å². The molecule has 0 amide bonds. The van der Waals surface area contributed by atoms with Gasteiger partial charge in [-0.1, -0.05) is 6.42 Å². The first-order chi connectivity index (χ1) is 7.11. The summed E-state index contributed by atoms with van der Waals surface area (Å²) in [5.74, 6) is -0.699. The Labute approximate surface area is 110 Å². The zero-order chi connectivity index (χ0) is 11.3. The van der Waals surface area contributed by atoms with Gasteiger partial charge in [0.05, 0.1) is 0 Å². The summed E-state index contributed by atoms with van der Waals surface area (Å²) >= 11 is 8.69. The fourth-order valence-electron chi connectivity index (χ4n) is 1.27. The third-order valence-corrected chi connectivity index (χ3v) is 5.73. The van der Waals surface area contributed by atoms with Crippen molar-refractivity contribution in [3.63, 3.8) is 0 Å². The Morgan fingerprint density at radius 1 is 1.33 bits per heavy atom. The van der Waals surface area contributed by atoms with E-state index in [1.807, 2.05) is 0 Å². The lowest BCUT2D eigenvalue weighted by molar-refractivity contribution is -0.137. The summed E-state index contributed by atoms with van der Waals surface area (Å²) < 4.78 is 2.25. The van der Waals surface area contributed by atoms with Gasteiger partial charge in [-0.25, -0.2) is 0 Å². The quantitative estimate of drug-likeness (QED) is 0.765. The number of carboxylic acids is 1. The molecule has 0 saturated heterocycles. The van der Waals surface area contributed by atoms with Crippen LogP contribution in [0.3, 0.4) is 0 Å². The molecule has 1 aromatic rings. The van der Waals surface area contributed by atoms with Crippen LogP contribution in [0.2, 0.25) is 0 Å². The molecule has 1 aromatic heterocycles. The highest BCUT2D eigenvalue weighted by molar-refractivity contribution is 9.13. The molecule has 0 radical (unpaired) electrons. The van der Waals surface area contributed by atoms with Crippen molar-refractivity contribution in [3.05, 3.63) is 19.2 Å². The lowest BCUT2D eigenvalue weighted by Crippen LogP contribution is -1.94. The van der Waals surface area contributed by atoms with Crippen LogP contribution < -0.4 is 0 Å². The summed E-state index contributed by atoms with van der Waals surface area (Å²) in [5.41, 5.74) is 0. The summed E-state index contributed by atoms with van der Waals surface area (Å²) in [6, 6.07) is 0. The molecule has 0 fully saturated rings. The number of carbonyl (C=O) groups is 1. The van der Waals surface area contributed by atoms with Gasteiger partial charge in [0.25, 0.3) is 0 Å². The molecule has 0 spiro atoms. The van der Waals surface area contributed by atoms with E-state index in [1.165, 1.54) is 4.88 Å². The number of aliphatic carboxylic acids is 1. The van der Waals surface area contributed by atoms with E-state index < -0.39 is 5.97 Å². The van der Waals surface area contributed by atoms with E-state index in [1.54, 1.807) is 11.3 Å². The highest BCUT2D eigenvalue weighted by Crippen LogP contribution is 2.33. The molecular weight excluding hydrogens is 344 g/mol. The van der Waals surface area contributed by atoms with Gasteiger partial charge in [0.2, 0.25) is 0 Å². The maximum atomic E-state index is 10.3. The smallest absolute Gasteiger partial charge is 0.303 e. The molecule has 15 heavy (non-hydrogen) atoms. The number of halogens is 2. The van der Waals surface area contributed by atoms with Gasteiger partial charge >= 0.3 is 5.97 Å². The zero-order valence-electron chi connectivity index (χ0n) is 8.13. The van der Waals surface area contributed by atoms with Gasteiger partial charge in [0, 0.05) is 25.6 Å². The Hall–Kier alpha value is 0.130. The Balaban J connectivity index is 2.20. The van der Waals surface area contributed by atoms with E-state index in [-0.39, 0.29) is 6.42 Å². The van der Waals surface area contributed by atoms with E-state index in [9.17, 15) is 4.79 Å². The van der Waals surface area contributed by atoms with Crippen molar-refractivity contribution in [2.75, 3.05) is 0 Å². The molecule has 84 valence electrons. The summed E-state index contributed by atoms with van der Waals surface area (Å²) in [6.45, 7) is 0. The van der Waals surface area contributed by atoms with Gasteiger partial charge in [0.1, 0.15) is 0 Å². The van der Waals surface area contributed by atoms with Crippen LogP contribution in [0.5, 0.6) is 0 Å². The molecule has 0 saturated carbocycles.